The molecule has 1 aromatic heterocycles. The first-order valence-electron chi connectivity index (χ1n) is 2.71. The monoisotopic (exact) mass is 160 g/mol. The zero-order valence-electron chi connectivity index (χ0n) is 6.11. The van der Waals surface area contributed by atoms with Crippen LogP contribution in [0.15, 0.2) is 35.2 Å². The average Bonchev–Trinajstić information content (AvgIpc) is 2.38. The Morgan fingerprint density at radius 2 is 2.36 bits per heavy atom. The van der Waals surface area contributed by atoms with Gasteiger partial charge in [-0.2, -0.15) is 0 Å². The van der Waals surface area contributed by atoms with Crippen LogP contribution in [0, 0.1) is 0 Å². The Balaban J connectivity index is 0.000001000. The maximum atomic E-state index is 10.7. The standard InChI is InChI=1S/C7H6O3.Na/c8-4-3-6(9)7-2-1-5-10-7;/h1-5,8H;/q;+1/p-1. The van der Waals surface area contributed by atoms with Crippen LogP contribution in [0.25, 0.3) is 0 Å². The average molecular weight is 160 g/mol. The molecule has 0 aliphatic carbocycles. The van der Waals surface area contributed by atoms with E-state index in [4.69, 9.17) is 4.42 Å². The van der Waals surface area contributed by atoms with Crippen LogP contribution in [0.3, 0.4) is 0 Å². The maximum Gasteiger partial charge on any atom is 1.00 e. The van der Waals surface area contributed by atoms with E-state index in [-0.39, 0.29) is 35.3 Å². The van der Waals surface area contributed by atoms with Gasteiger partial charge < -0.3 is 9.52 Å². The van der Waals surface area contributed by atoms with Crippen molar-refractivity contribution in [2.45, 2.75) is 0 Å². The molecule has 3 nitrogen and oxygen atoms in total. The first-order valence-corrected chi connectivity index (χ1v) is 2.71. The molecule has 4 heteroatoms. The van der Waals surface area contributed by atoms with Crippen molar-refractivity contribution in [2.24, 2.45) is 0 Å². The summed E-state index contributed by atoms with van der Waals surface area (Å²) in [6.07, 6.45) is 2.73. The molecule has 0 saturated carbocycles. The van der Waals surface area contributed by atoms with Gasteiger partial charge in [-0.25, -0.2) is 0 Å². The Morgan fingerprint density at radius 3 is 2.82 bits per heavy atom. The summed E-state index contributed by atoms with van der Waals surface area (Å²) in [5.74, 6) is -0.216. The Kier molecular flexibility index (Phi) is 4.94. The number of ketones is 1. The molecule has 0 unspecified atom stereocenters. The van der Waals surface area contributed by atoms with E-state index in [9.17, 15) is 9.90 Å². The maximum absolute atomic E-state index is 10.7. The van der Waals surface area contributed by atoms with Crippen LogP contribution in [0.1, 0.15) is 10.6 Å². The molecule has 52 valence electrons. The molecule has 1 aromatic rings. The molecule has 0 N–H and O–H groups in total. The minimum absolute atomic E-state index is 0. The minimum atomic E-state index is -0.403. The van der Waals surface area contributed by atoms with Crippen molar-refractivity contribution in [3.8, 4) is 0 Å². The third-order valence-electron chi connectivity index (χ3n) is 0.983. The Morgan fingerprint density at radius 1 is 1.64 bits per heavy atom. The molecule has 0 aliphatic rings. The molecule has 0 aliphatic heterocycles. The van der Waals surface area contributed by atoms with E-state index < -0.39 is 5.78 Å². The van der Waals surface area contributed by atoms with Gasteiger partial charge in [0.15, 0.2) is 5.76 Å². The number of carbonyl (C=O) groups is 1. The van der Waals surface area contributed by atoms with Gasteiger partial charge >= 0.3 is 29.6 Å². The molecule has 0 fully saturated rings. The van der Waals surface area contributed by atoms with Crippen LogP contribution < -0.4 is 34.7 Å². The molecule has 0 amide bonds. The van der Waals surface area contributed by atoms with E-state index in [1.807, 2.05) is 0 Å². The van der Waals surface area contributed by atoms with Crippen LogP contribution in [0.2, 0.25) is 0 Å². The molecular weight excluding hydrogens is 155 g/mol. The molecule has 0 bridgehead atoms. The summed E-state index contributed by atoms with van der Waals surface area (Å²) in [5, 5.41) is 9.79. The normalized spacial score (nSPS) is 9.45. The van der Waals surface area contributed by atoms with Crippen molar-refractivity contribution in [1.82, 2.24) is 0 Å². The third kappa shape index (κ3) is 2.93. The molecule has 0 spiro atoms. The fourth-order valence-electron chi connectivity index (χ4n) is 0.563. The van der Waals surface area contributed by atoms with Gasteiger partial charge in [0.1, 0.15) is 0 Å². The zero-order valence-corrected chi connectivity index (χ0v) is 8.11. The summed E-state index contributed by atoms with van der Waals surface area (Å²) in [4.78, 5) is 10.7. The topological polar surface area (TPSA) is 53.3 Å². The van der Waals surface area contributed by atoms with E-state index in [0.717, 1.165) is 6.08 Å². The van der Waals surface area contributed by atoms with E-state index in [0.29, 0.717) is 6.26 Å². The number of allylic oxidation sites excluding steroid dienone is 1. The van der Waals surface area contributed by atoms with Crippen molar-refractivity contribution >= 4 is 5.78 Å². The fraction of sp³-hybridized carbons (Fsp3) is 0. The largest absolute Gasteiger partial charge is 1.00 e. The predicted molar refractivity (Wildman–Crippen MR) is 32.2 cm³/mol. The molecular formula is C7H5NaO3. The minimum Gasteiger partial charge on any atom is -0.878 e. The van der Waals surface area contributed by atoms with Crippen molar-refractivity contribution in [3.05, 3.63) is 36.5 Å². The molecule has 11 heavy (non-hydrogen) atoms. The second-order valence-electron chi connectivity index (χ2n) is 1.64. The number of carbonyl (C=O) groups excluding carboxylic acids is 1. The van der Waals surface area contributed by atoms with Crippen molar-refractivity contribution in [1.29, 1.82) is 0 Å². The van der Waals surface area contributed by atoms with Crippen molar-refractivity contribution in [2.75, 3.05) is 0 Å². The smallest absolute Gasteiger partial charge is 0.878 e. The molecule has 0 aromatic carbocycles. The second-order valence-corrected chi connectivity index (χ2v) is 1.64. The number of rotatable bonds is 2. The van der Waals surface area contributed by atoms with E-state index in [1.165, 1.54) is 12.3 Å². The summed E-state index contributed by atoms with van der Waals surface area (Å²) < 4.78 is 4.71. The summed E-state index contributed by atoms with van der Waals surface area (Å²) in [5.41, 5.74) is 0. The van der Waals surface area contributed by atoms with Crippen molar-refractivity contribution < 1.29 is 43.9 Å². The Labute approximate surface area is 86.0 Å². The van der Waals surface area contributed by atoms with Gasteiger partial charge in [-0.1, -0.05) is 0 Å². The fourth-order valence-corrected chi connectivity index (χ4v) is 0.563. The van der Waals surface area contributed by atoms with Crippen LogP contribution in [0.5, 0.6) is 0 Å². The number of furan rings is 1. The molecule has 1 rings (SSSR count). The van der Waals surface area contributed by atoms with Gasteiger partial charge in [-0.15, -0.1) is 6.26 Å². The Bertz CT molecular complexity index is 238. The second kappa shape index (κ2) is 5.18. The van der Waals surface area contributed by atoms with E-state index in [1.54, 1.807) is 6.07 Å². The van der Waals surface area contributed by atoms with Crippen LogP contribution in [-0.4, -0.2) is 5.78 Å². The molecule has 1 heterocycles. The summed E-state index contributed by atoms with van der Waals surface area (Å²) in [7, 11) is 0. The quantitative estimate of drug-likeness (QED) is 0.205. The summed E-state index contributed by atoms with van der Waals surface area (Å²) in [6, 6.07) is 3.09. The van der Waals surface area contributed by atoms with Gasteiger partial charge in [0.25, 0.3) is 0 Å². The van der Waals surface area contributed by atoms with Crippen LogP contribution >= 0.6 is 0 Å². The summed E-state index contributed by atoms with van der Waals surface area (Å²) in [6.45, 7) is 0. The number of hydrogen-bond donors (Lipinski definition) is 0. The SMILES string of the molecule is O=C(C=C[O-])c1ccco1.[Na+]. The van der Waals surface area contributed by atoms with E-state index >= 15 is 0 Å². The zero-order chi connectivity index (χ0) is 7.40. The first-order chi connectivity index (χ1) is 4.84. The van der Waals surface area contributed by atoms with Gasteiger partial charge in [-0.3, -0.25) is 4.79 Å². The first kappa shape index (κ1) is 10.5. The predicted octanol–water partition coefficient (Wildman–Crippen LogP) is -2.66. The van der Waals surface area contributed by atoms with E-state index in [2.05, 4.69) is 0 Å². The Hall–Kier alpha value is -0.510. The van der Waals surface area contributed by atoms with Crippen LogP contribution in [0.4, 0.5) is 0 Å². The molecule has 0 radical (unpaired) electrons. The van der Waals surface area contributed by atoms with Gasteiger partial charge in [-0.05, 0) is 18.2 Å². The van der Waals surface area contributed by atoms with Gasteiger partial charge in [0.05, 0.1) is 6.26 Å². The van der Waals surface area contributed by atoms with Gasteiger partial charge in [0, 0.05) is 0 Å². The number of hydrogen-bond acceptors (Lipinski definition) is 3. The third-order valence-corrected chi connectivity index (χ3v) is 0.983. The molecule has 0 atom stereocenters. The summed E-state index contributed by atoms with van der Waals surface area (Å²) >= 11 is 0. The van der Waals surface area contributed by atoms with Crippen LogP contribution in [-0.2, 0) is 0 Å². The molecule has 0 saturated heterocycles. The van der Waals surface area contributed by atoms with Crippen molar-refractivity contribution in [3.63, 3.8) is 0 Å². The van der Waals surface area contributed by atoms with Gasteiger partial charge in [0.2, 0.25) is 5.78 Å².